The van der Waals surface area contributed by atoms with Crippen LogP contribution in [-0.2, 0) is 4.79 Å². The van der Waals surface area contributed by atoms with Crippen molar-refractivity contribution in [2.45, 2.75) is 18.0 Å². The van der Waals surface area contributed by atoms with Crippen LogP contribution in [0.4, 0.5) is 13.2 Å². The number of carbonyl (C=O) groups is 1. The molecule has 0 heterocycles. The molecule has 6 heteroatoms. The van der Waals surface area contributed by atoms with E-state index in [1.54, 1.807) is 0 Å². The van der Waals surface area contributed by atoms with Gasteiger partial charge in [0.2, 0.25) is 0 Å². The normalized spacial score (nSPS) is 14.8. The molecule has 0 fully saturated rings. The minimum absolute atomic E-state index is 1.09. The average Bonchev–Trinajstić information content (AvgIpc) is 1.60. The van der Waals surface area contributed by atoms with Crippen molar-refractivity contribution in [3.63, 3.8) is 0 Å². The maximum Gasteiger partial charge on any atom is 0.405 e. The van der Waals surface area contributed by atoms with Crippen LogP contribution in [0.25, 0.3) is 0 Å². The van der Waals surface area contributed by atoms with Gasteiger partial charge in [-0.15, -0.1) is 11.6 Å². The summed E-state index contributed by atoms with van der Waals surface area (Å²) < 4.78 is 34.2. The number of alkyl halides is 4. The fraction of sp³-hybridized carbons (Fsp3) is 0.750. The van der Waals surface area contributed by atoms with E-state index >= 15 is 0 Å². The molecule has 0 aromatic carbocycles. The minimum atomic E-state index is -4.63. The molecule has 0 aliphatic heterocycles. The number of rotatable bonds is 2. The average molecular weight is 177 g/mol. The second kappa shape index (κ2) is 3.09. The van der Waals surface area contributed by atoms with Crippen molar-refractivity contribution >= 4 is 17.6 Å². The van der Waals surface area contributed by atoms with E-state index in [1.807, 2.05) is 0 Å². The number of hydrogen-bond donors (Lipinski definition) is 1. The third-order valence-electron chi connectivity index (χ3n) is 0.709. The zero-order valence-electron chi connectivity index (χ0n) is 4.65. The number of halogens is 4. The van der Waals surface area contributed by atoms with Crippen molar-refractivity contribution in [1.82, 2.24) is 0 Å². The topological polar surface area (TPSA) is 37.3 Å². The van der Waals surface area contributed by atoms with Gasteiger partial charge in [0.05, 0.1) is 6.42 Å². The van der Waals surface area contributed by atoms with Gasteiger partial charge in [0, 0.05) is 0 Å². The van der Waals surface area contributed by atoms with Crippen LogP contribution in [0, 0.1) is 0 Å². The van der Waals surface area contributed by atoms with Gasteiger partial charge in [0.1, 0.15) is 5.38 Å². The number of carboxylic acid groups (broad SMARTS) is 1. The maximum absolute atomic E-state index is 11.4. The lowest BCUT2D eigenvalue weighted by Crippen LogP contribution is -2.25. The Hall–Kier alpha value is -0.450. The highest BCUT2D eigenvalue weighted by atomic mass is 35.5. The number of carboxylic acids is 1. The molecule has 0 bridgehead atoms. The largest absolute Gasteiger partial charge is 0.481 e. The summed E-state index contributed by atoms with van der Waals surface area (Å²) in [6, 6.07) is 0. The molecule has 0 spiro atoms. The molecule has 0 aliphatic rings. The molecule has 0 rings (SSSR count). The summed E-state index contributed by atoms with van der Waals surface area (Å²) in [5.74, 6) is -1.56. The predicted molar refractivity (Wildman–Crippen MR) is 27.9 cm³/mol. The van der Waals surface area contributed by atoms with Gasteiger partial charge in [-0.1, -0.05) is 0 Å². The molecule has 1 atom stereocenters. The highest BCUT2D eigenvalue weighted by Crippen LogP contribution is 2.26. The van der Waals surface area contributed by atoms with Gasteiger partial charge < -0.3 is 5.11 Å². The van der Waals surface area contributed by atoms with E-state index in [2.05, 4.69) is 11.6 Å². The Bertz CT molecular complexity index is 133. The highest BCUT2D eigenvalue weighted by Gasteiger charge is 2.39. The molecule has 1 unspecified atom stereocenters. The Labute approximate surface area is 59.6 Å². The fourth-order valence-corrected chi connectivity index (χ4v) is 0.401. The molecule has 10 heavy (non-hydrogen) atoms. The Kier molecular flexibility index (Phi) is 2.96. The van der Waals surface area contributed by atoms with Crippen molar-refractivity contribution in [3.05, 3.63) is 0 Å². The van der Waals surface area contributed by atoms with E-state index in [-0.39, 0.29) is 0 Å². The molecule has 0 radical (unpaired) electrons. The number of hydrogen-bond acceptors (Lipinski definition) is 1. The first kappa shape index (κ1) is 9.55. The SMILES string of the molecule is O=C(O)CC(Cl)C(F)(F)F. The molecule has 1 N–H and O–H groups in total. The summed E-state index contributed by atoms with van der Waals surface area (Å²) in [6.07, 6.45) is -5.72. The lowest BCUT2D eigenvalue weighted by molar-refractivity contribution is -0.150. The molecular formula is C4H4ClF3O2. The van der Waals surface area contributed by atoms with E-state index in [1.165, 1.54) is 0 Å². The third-order valence-corrected chi connectivity index (χ3v) is 1.11. The molecule has 0 aliphatic carbocycles. The zero-order valence-corrected chi connectivity index (χ0v) is 5.41. The fourth-order valence-electron chi connectivity index (χ4n) is 0.269. The Morgan fingerprint density at radius 2 is 2.00 bits per heavy atom. The third kappa shape index (κ3) is 3.55. The van der Waals surface area contributed by atoms with Crippen molar-refractivity contribution in [1.29, 1.82) is 0 Å². The standard InChI is InChI=1S/C4H4ClF3O2/c5-2(1-3(9)10)4(6,7)8/h2H,1H2,(H,9,10). The van der Waals surface area contributed by atoms with E-state index < -0.39 is 23.9 Å². The first-order chi connectivity index (χ1) is 4.34. The maximum atomic E-state index is 11.4. The van der Waals surface area contributed by atoms with Gasteiger partial charge >= 0.3 is 12.1 Å². The van der Waals surface area contributed by atoms with Gasteiger partial charge in [-0.05, 0) is 0 Å². The second-order valence-corrected chi connectivity index (χ2v) is 2.13. The lowest BCUT2D eigenvalue weighted by Gasteiger charge is -2.09. The first-order valence-electron chi connectivity index (χ1n) is 2.26. The van der Waals surface area contributed by atoms with Crippen molar-refractivity contribution in [2.24, 2.45) is 0 Å². The van der Waals surface area contributed by atoms with Gasteiger partial charge in [0.25, 0.3) is 0 Å². The van der Waals surface area contributed by atoms with E-state index in [4.69, 9.17) is 5.11 Å². The minimum Gasteiger partial charge on any atom is -0.481 e. The summed E-state index contributed by atoms with van der Waals surface area (Å²) in [4.78, 5) is 9.67. The van der Waals surface area contributed by atoms with Crippen LogP contribution in [0.15, 0.2) is 0 Å². The van der Waals surface area contributed by atoms with Crippen LogP contribution >= 0.6 is 11.6 Å². The van der Waals surface area contributed by atoms with Gasteiger partial charge in [-0.25, -0.2) is 0 Å². The number of aliphatic carboxylic acids is 1. The second-order valence-electron chi connectivity index (χ2n) is 1.61. The molecule has 0 aromatic rings. The zero-order chi connectivity index (χ0) is 8.36. The monoisotopic (exact) mass is 176 g/mol. The summed E-state index contributed by atoms with van der Waals surface area (Å²) >= 11 is 4.65. The van der Waals surface area contributed by atoms with Crippen LogP contribution in [0.2, 0.25) is 0 Å². The van der Waals surface area contributed by atoms with Crippen molar-refractivity contribution in [3.8, 4) is 0 Å². The Balaban J connectivity index is 3.85. The van der Waals surface area contributed by atoms with Crippen LogP contribution < -0.4 is 0 Å². The van der Waals surface area contributed by atoms with E-state index in [9.17, 15) is 18.0 Å². The van der Waals surface area contributed by atoms with Gasteiger partial charge in [-0.2, -0.15) is 13.2 Å². The van der Waals surface area contributed by atoms with Crippen LogP contribution in [0.1, 0.15) is 6.42 Å². The molecule has 0 aromatic heterocycles. The molecule has 0 saturated heterocycles. The van der Waals surface area contributed by atoms with E-state index in [0.29, 0.717) is 0 Å². The van der Waals surface area contributed by atoms with Gasteiger partial charge in [0.15, 0.2) is 0 Å². The Morgan fingerprint density at radius 1 is 1.60 bits per heavy atom. The van der Waals surface area contributed by atoms with Crippen LogP contribution in [0.3, 0.4) is 0 Å². The smallest absolute Gasteiger partial charge is 0.405 e. The highest BCUT2D eigenvalue weighted by molar-refractivity contribution is 6.22. The van der Waals surface area contributed by atoms with Crippen molar-refractivity contribution in [2.75, 3.05) is 0 Å². The lowest BCUT2D eigenvalue weighted by atomic mass is 10.3. The Morgan fingerprint density at radius 3 is 2.10 bits per heavy atom. The van der Waals surface area contributed by atoms with Crippen LogP contribution in [-0.4, -0.2) is 22.6 Å². The summed E-state index contributed by atoms with van der Waals surface area (Å²) in [5, 5.41) is 5.58. The van der Waals surface area contributed by atoms with Crippen molar-refractivity contribution < 1.29 is 23.1 Å². The summed E-state index contributed by atoms with van der Waals surface area (Å²) in [5.41, 5.74) is 0. The van der Waals surface area contributed by atoms with E-state index in [0.717, 1.165) is 0 Å². The summed E-state index contributed by atoms with van der Waals surface area (Å²) in [7, 11) is 0. The van der Waals surface area contributed by atoms with Crippen LogP contribution in [0.5, 0.6) is 0 Å². The van der Waals surface area contributed by atoms with Gasteiger partial charge in [-0.3, -0.25) is 4.79 Å². The first-order valence-corrected chi connectivity index (χ1v) is 2.70. The quantitative estimate of drug-likeness (QED) is 0.650. The molecule has 0 saturated carbocycles. The summed E-state index contributed by atoms with van der Waals surface area (Å²) in [6.45, 7) is 0. The molecule has 0 amide bonds. The predicted octanol–water partition coefficient (Wildman–Crippen LogP) is 1.63. The molecule has 2 nitrogen and oxygen atoms in total. The molecule has 60 valence electrons. The molecular weight excluding hydrogens is 172 g/mol.